The van der Waals surface area contributed by atoms with E-state index in [9.17, 15) is 18.5 Å². The fourth-order valence-electron chi connectivity index (χ4n) is 3.43. The van der Waals surface area contributed by atoms with Gasteiger partial charge in [0.25, 0.3) is 0 Å². The van der Waals surface area contributed by atoms with Crippen molar-refractivity contribution >= 4 is 32.8 Å². The van der Waals surface area contributed by atoms with Gasteiger partial charge in [0.1, 0.15) is 10.6 Å². The maximum absolute atomic E-state index is 11.9. The molecule has 7 nitrogen and oxygen atoms in total. The minimum atomic E-state index is -3.69. The lowest BCUT2D eigenvalue weighted by Gasteiger charge is -2.32. The fraction of sp³-hybridized carbons (Fsp3) is 0.368. The predicted molar refractivity (Wildman–Crippen MR) is 110 cm³/mol. The summed E-state index contributed by atoms with van der Waals surface area (Å²) in [7, 11) is -3.69. The number of para-hydroxylation sites is 1. The highest BCUT2D eigenvalue weighted by molar-refractivity contribution is 7.90. The standard InChI is InChI=1S/C19H22ClN3O4S/c1-28(26,27)18-4-2-3-17(19(18)23(24)25)21-16-9-11-22(12-10-16)13-14-5-7-15(20)8-6-14/h2-8,16,21H,9-13H2,1H3. The van der Waals surface area contributed by atoms with Gasteiger partial charge in [-0.2, -0.15) is 0 Å². The van der Waals surface area contributed by atoms with Crippen LogP contribution in [0, 0.1) is 10.1 Å². The molecule has 28 heavy (non-hydrogen) atoms. The zero-order chi connectivity index (χ0) is 20.3. The molecule has 1 aliphatic heterocycles. The number of sulfone groups is 1. The first-order valence-corrected chi connectivity index (χ1v) is 11.2. The van der Waals surface area contributed by atoms with Crippen molar-refractivity contribution in [1.82, 2.24) is 4.90 Å². The van der Waals surface area contributed by atoms with Gasteiger partial charge in [0.2, 0.25) is 0 Å². The molecule has 1 heterocycles. The normalized spacial score (nSPS) is 16.1. The van der Waals surface area contributed by atoms with Gasteiger partial charge < -0.3 is 5.32 Å². The first-order chi connectivity index (χ1) is 13.2. The highest BCUT2D eigenvalue weighted by Crippen LogP contribution is 2.33. The van der Waals surface area contributed by atoms with Crippen LogP contribution in [-0.2, 0) is 16.4 Å². The van der Waals surface area contributed by atoms with E-state index in [1.165, 1.54) is 17.7 Å². The summed E-state index contributed by atoms with van der Waals surface area (Å²) >= 11 is 5.92. The van der Waals surface area contributed by atoms with Gasteiger partial charge in [0, 0.05) is 37.0 Å². The molecule has 0 aromatic heterocycles. The molecule has 0 spiro atoms. The van der Waals surface area contributed by atoms with E-state index in [0.29, 0.717) is 5.02 Å². The Bertz CT molecular complexity index is 956. The van der Waals surface area contributed by atoms with Gasteiger partial charge in [-0.15, -0.1) is 0 Å². The summed E-state index contributed by atoms with van der Waals surface area (Å²) in [5.74, 6) is 0. The van der Waals surface area contributed by atoms with Crippen LogP contribution >= 0.6 is 11.6 Å². The number of nitrogens with zero attached hydrogens (tertiary/aromatic N) is 2. The van der Waals surface area contributed by atoms with Gasteiger partial charge in [-0.25, -0.2) is 8.42 Å². The Morgan fingerprint density at radius 2 is 1.82 bits per heavy atom. The molecule has 0 atom stereocenters. The number of nitro benzene ring substituents is 1. The van der Waals surface area contributed by atoms with Gasteiger partial charge in [0.05, 0.1) is 4.92 Å². The van der Waals surface area contributed by atoms with E-state index in [1.54, 1.807) is 6.07 Å². The van der Waals surface area contributed by atoms with Crippen molar-refractivity contribution in [3.8, 4) is 0 Å². The Kier molecular flexibility index (Phi) is 6.22. The van der Waals surface area contributed by atoms with Crippen molar-refractivity contribution in [1.29, 1.82) is 0 Å². The molecule has 1 fully saturated rings. The van der Waals surface area contributed by atoms with Gasteiger partial charge in [-0.3, -0.25) is 15.0 Å². The second kappa shape index (κ2) is 8.46. The average Bonchev–Trinajstić information content (AvgIpc) is 2.64. The number of hydrogen-bond acceptors (Lipinski definition) is 6. The van der Waals surface area contributed by atoms with Crippen LogP contribution in [0.1, 0.15) is 18.4 Å². The van der Waals surface area contributed by atoms with Crippen molar-refractivity contribution in [2.24, 2.45) is 0 Å². The number of rotatable bonds is 6. The maximum atomic E-state index is 11.9. The number of likely N-dealkylation sites (tertiary alicyclic amines) is 1. The molecule has 0 unspecified atom stereocenters. The molecule has 150 valence electrons. The van der Waals surface area contributed by atoms with Gasteiger partial charge in [-0.05, 0) is 42.7 Å². The van der Waals surface area contributed by atoms with Crippen molar-refractivity contribution in [2.75, 3.05) is 24.7 Å². The van der Waals surface area contributed by atoms with E-state index in [0.717, 1.165) is 38.7 Å². The number of piperidine rings is 1. The van der Waals surface area contributed by atoms with E-state index < -0.39 is 14.8 Å². The monoisotopic (exact) mass is 423 g/mol. The molecule has 0 aliphatic carbocycles. The topological polar surface area (TPSA) is 92.6 Å². The number of nitro groups is 1. The molecule has 0 amide bonds. The Morgan fingerprint density at radius 1 is 1.18 bits per heavy atom. The van der Waals surface area contributed by atoms with Crippen LogP contribution in [0.3, 0.4) is 0 Å². The van der Waals surface area contributed by atoms with Crippen LogP contribution in [0.5, 0.6) is 0 Å². The molecule has 2 aromatic carbocycles. The third-order valence-corrected chi connectivity index (χ3v) is 6.23. The van der Waals surface area contributed by atoms with Crippen LogP contribution < -0.4 is 5.32 Å². The van der Waals surface area contributed by atoms with Crippen molar-refractivity contribution in [2.45, 2.75) is 30.3 Å². The lowest BCUT2D eigenvalue weighted by molar-refractivity contribution is -0.386. The molecule has 0 radical (unpaired) electrons. The number of benzene rings is 2. The minimum Gasteiger partial charge on any atom is -0.377 e. The molecule has 3 rings (SSSR count). The second-order valence-electron chi connectivity index (χ2n) is 7.00. The Morgan fingerprint density at radius 3 is 2.39 bits per heavy atom. The van der Waals surface area contributed by atoms with Crippen LogP contribution in [0.15, 0.2) is 47.4 Å². The molecule has 9 heteroatoms. The maximum Gasteiger partial charge on any atom is 0.310 e. The summed E-state index contributed by atoms with van der Waals surface area (Å²) in [6, 6.07) is 12.2. The summed E-state index contributed by atoms with van der Waals surface area (Å²) in [6.45, 7) is 2.52. The molecule has 1 saturated heterocycles. The summed E-state index contributed by atoms with van der Waals surface area (Å²) in [5.41, 5.74) is 1.06. The highest BCUT2D eigenvalue weighted by atomic mass is 35.5. The molecule has 2 aromatic rings. The first kappa shape index (κ1) is 20.6. The Hall–Kier alpha value is -2.16. The highest BCUT2D eigenvalue weighted by Gasteiger charge is 2.28. The number of nitrogens with one attached hydrogen (secondary N) is 1. The molecular formula is C19H22ClN3O4S. The molecule has 0 bridgehead atoms. The molecular weight excluding hydrogens is 402 g/mol. The van der Waals surface area contributed by atoms with Crippen molar-refractivity contribution in [3.63, 3.8) is 0 Å². The van der Waals surface area contributed by atoms with Crippen LogP contribution in [0.4, 0.5) is 11.4 Å². The van der Waals surface area contributed by atoms with E-state index in [2.05, 4.69) is 10.2 Å². The second-order valence-corrected chi connectivity index (χ2v) is 9.42. The minimum absolute atomic E-state index is 0.0509. The van der Waals surface area contributed by atoms with Gasteiger partial charge in [0.15, 0.2) is 9.84 Å². The molecule has 1 N–H and O–H groups in total. The zero-order valence-corrected chi connectivity index (χ0v) is 17.0. The lowest BCUT2D eigenvalue weighted by atomic mass is 10.0. The summed E-state index contributed by atoms with van der Waals surface area (Å²) in [4.78, 5) is 12.9. The van der Waals surface area contributed by atoms with E-state index >= 15 is 0 Å². The van der Waals surface area contributed by atoms with Crippen LogP contribution in [0.25, 0.3) is 0 Å². The summed E-state index contributed by atoms with van der Waals surface area (Å²) < 4.78 is 23.8. The average molecular weight is 424 g/mol. The lowest BCUT2D eigenvalue weighted by Crippen LogP contribution is -2.38. The fourth-order valence-corrected chi connectivity index (χ4v) is 4.42. The van der Waals surface area contributed by atoms with Crippen LogP contribution in [0.2, 0.25) is 5.02 Å². The number of halogens is 1. The number of anilines is 1. The van der Waals surface area contributed by atoms with Gasteiger partial charge in [-0.1, -0.05) is 29.8 Å². The smallest absolute Gasteiger partial charge is 0.310 e. The quantitative estimate of drug-likeness (QED) is 0.562. The summed E-state index contributed by atoms with van der Waals surface area (Å²) in [5, 5.41) is 15.4. The zero-order valence-electron chi connectivity index (χ0n) is 15.5. The third kappa shape index (κ3) is 5.01. The SMILES string of the molecule is CS(=O)(=O)c1cccc(NC2CCN(Cc3ccc(Cl)cc3)CC2)c1[N+](=O)[O-]. The van der Waals surface area contributed by atoms with Crippen molar-refractivity contribution in [3.05, 3.63) is 63.2 Å². The predicted octanol–water partition coefficient (Wildman–Crippen LogP) is 3.73. The van der Waals surface area contributed by atoms with Gasteiger partial charge >= 0.3 is 5.69 Å². The first-order valence-electron chi connectivity index (χ1n) is 8.95. The largest absolute Gasteiger partial charge is 0.377 e. The Balaban J connectivity index is 1.66. The van der Waals surface area contributed by atoms with Crippen LogP contribution in [-0.4, -0.2) is 43.6 Å². The summed E-state index contributed by atoms with van der Waals surface area (Å²) in [6.07, 6.45) is 2.61. The van der Waals surface area contributed by atoms with Crippen molar-refractivity contribution < 1.29 is 13.3 Å². The van der Waals surface area contributed by atoms with E-state index in [4.69, 9.17) is 11.6 Å². The number of hydrogen-bond donors (Lipinski definition) is 1. The van der Waals surface area contributed by atoms with E-state index in [1.807, 2.05) is 24.3 Å². The van der Waals surface area contributed by atoms with E-state index in [-0.39, 0.29) is 22.3 Å². The third-order valence-electron chi connectivity index (χ3n) is 4.85. The Labute approximate surface area is 169 Å². The molecule has 1 aliphatic rings. The molecule has 0 saturated carbocycles.